The van der Waals surface area contributed by atoms with Gasteiger partial charge < -0.3 is 21.3 Å². The molecule has 5 nitrogen and oxygen atoms in total. The van der Waals surface area contributed by atoms with Crippen molar-refractivity contribution in [1.29, 1.82) is 0 Å². The summed E-state index contributed by atoms with van der Waals surface area (Å²) in [6.07, 6.45) is 7.04. The number of nitrogen functional groups attached to an aromatic ring is 1. The lowest BCUT2D eigenvalue weighted by atomic mass is 9.87. The predicted octanol–water partition coefficient (Wildman–Crippen LogP) is 3.86. The molecule has 1 amide bonds. The molecule has 0 aromatic heterocycles. The summed E-state index contributed by atoms with van der Waals surface area (Å²) >= 11 is 0. The van der Waals surface area contributed by atoms with Crippen molar-refractivity contribution in [3.63, 3.8) is 0 Å². The number of nitrogens with zero attached hydrogens (tertiary/aromatic N) is 1. The summed E-state index contributed by atoms with van der Waals surface area (Å²) in [5.74, 6) is 0.774. The number of benzene rings is 1. The molecule has 5 heteroatoms. The Labute approximate surface area is 157 Å². The first kappa shape index (κ1) is 18.9. The Morgan fingerprint density at radius 2 is 1.92 bits per heavy atom. The molecule has 0 bridgehead atoms. The van der Waals surface area contributed by atoms with Crippen LogP contribution in [0.15, 0.2) is 12.1 Å². The van der Waals surface area contributed by atoms with Crippen molar-refractivity contribution in [2.45, 2.75) is 58.4 Å². The van der Waals surface area contributed by atoms with Crippen LogP contribution in [-0.2, 0) is 0 Å². The fraction of sp³-hybridized carbons (Fsp3) is 0.667. The monoisotopic (exact) mass is 358 g/mol. The maximum absolute atomic E-state index is 13.0. The molecule has 2 aliphatic carbocycles. The molecule has 2 aliphatic rings. The van der Waals surface area contributed by atoms with Crippen LogP contribution in [0.1, 0.15) is 62.7 Å². The Bertz CT molecular complexity index is 660. The molecule has 3 rings (SSSR count). The lowest BCUT2D eigenvalue weighted by Crippen LogP contribution is -2.38. The highest BCUT2D eigenvalue weighted by Gasteiger charge is 2.38. The van der Waals surface area contributed by atoms with Crippen LogP contribution in [0.3, 0.4) is 0 Å². The molecule has 4 N–H and O–H groups in total. The summed E-state index contributed by atoms with van der Waals surface area (Å²) in [6, 6.07) is 4.12. The van der Waals surface area contributed by atoms with Crippen LogP contribution in [0, 0.1) is 11.3 Å². The summed E-state index contributed by atoms with van der Waals surface area (Å²) in [4.78, 5) is 15.3. The summed E-state index contributed by atoms with van der Waals surface area (Å²) < 4.78 is 0. The van der Waals surface area contributed by atoms with E-state index in [0.717, 1.165) is 36.7 Å². The molecular formula is C21H34N4O. The number of hydrogen-bond acceptors (Lipinski definition) is 4. The molecule has 0 spiro atoms. The standard InChI is InChI=1S/C21H34N4O/c1-14-5-7-15(8-6-14)24-20(26)16-11-17(22)18(23-3)12-19(16)25(4)13-21(2)9-10-21/h11-12,14-15,23H,5-10,13,22H2,1-4H3,(H,24,26)/t14-,15-. The zero-order valence-corrected chi connectivity index (χ0v) is 16.7. The van der Waals surface area contributed by atoms with Crippen LogP contribution < -0.4 is 21.3 Å². The van der Waals surface area contributed by atoms with Gasteiger partial charge in [0.05, 0.1) is 22.6 Å². The van der Waals surface area contributed by atoms with Gasteiger partial charge in [0.2, 0.25) is 0 Å². The van der Waals surface area contributed by atoms with Crippen LogP contribution >= 0.6 is 0 Å². The van der Waals surface area contributed by atoms with Crippen molar-refractivity contribution < 1.29 is 4.79 Å². The van der Waals surface area contributed by atoms with E-state index in [2.05, 4.69) is 36.4 Å². The van der Waals surface area contributed by atoms with Gasteiger partial charge in [-0.1, -0.05) is 13.8 Å². The van der Waals surface area contributed by atoms with Gasteiger partial charge in [-0.25, -0.2) is 0 Å². The van der Waals surface area contributed by atoms with E-state index < -0.39 is 0 Å². The van der Waals surface area contributed by atoms with Crippen molar-refractivity contribution >= 4 is 23.0 Å². The predicted molar refractivity (Wildman–Crippen MR) is 110 cm³/mol. The average Bonchev–Trinajstić information content (AvgIpc) is 3.33. The minimum Gasteiger partial charge on any atom is -0.397 e. The largest absolute Gasteiger partial charge is 0.397 e. The van der Waals surface area contributed by atoms with E-state index in [-0.39, 0.29) is 11.9 Å². The molecule has 26 heavy (non-hydrogen) atoms. The number of rotatable bonds is 6. The highest BCUT2D eigenvalue weighted by Crippen LogP contribution is 2.46. The molecular weight excluding hydrogens is 324 g/mol. The van der Waals surface area contributed by atoms with Gasteiger partial charge in [-0.15, -0.1) is 0 Å². The normalized spacial score (nSPS) is 24.0. The Morgan fingerprint density at radius 3 is 2.50 bits per heavy atom. The van der Waals surface area contributed by atoms with Crippen LogP contribution in [0.25, 0.3) is 0 Å². The first-order valence-corrected chi connectivity index (χ1v) is 9.94. The fourth-order valence-electron chi connectivity index (χ4n) is 4.02. The van der Waals surface area contributed by atoms with Gasteiger partial charge in [-0.3, -0.25) is 4.79 Å². The lowest BCUT2D eigenvalue weighted by molar-refractivity contribution is 0.0923. The van der Waals surface area contributed by atoms with Gasteiger partial charge in [0.25, 0.3) is 5.91 Å². The summed E-state index contributed by atoms with van der Waals surface area (Å²) in [5, 5.41) is 6.39. The molecule has 1 aromatic carbocycles. The molecule has 0 radical (unpaired) electrons. The molecule has 0 heterocycles. The number of amides is 1. The molecule has 0 unspecified atom stereocenters. The van der Waals surface area contributed by atoms with E-state index in [1.54, 1.807) is 0 Å². The minimum absolute atomic E-state index is 0.00158. The van der Waals surface area contributed by atoms with Gasteiger partial charge in [-0.05, 0) is 62.0 Å². The van der Waals surface area contributed by atoms with E-state index in [1.807, 2.05) is 19.2 Å². The Hall–Kier alpha value is -1.91. The fourth-order valence-corrected chi connectivity index (χ4v) is 4.02. The number of nitrogens with one attached hydrogen (secondary N) is 2. The second kappa shape index (κ2) is 7.37. The van der Waals surface area contributed by atoms with Crippen LogP contribution in [0.5, 0.6) is 0 Å². The summed E-state index contributed by atoms with van der Waals surface area (Å²) in [5.41, 5.74) is 9.68. The van der Waals surface area contributed by atoms with Gasteiger partial charge in [0.15, 0.2) is 0 Å². The number of anilines is 3. The maximum atomic E-state index is 13.0. The number of hydrogen-bond donors (Lipinski definition) is 3. The van der Waals surface area contributed by atoms with Gasteiger partial charge in [0, 0.05) is 26.7 Å². The zero-order chi connectivity index (χ0) is 18.9. The molecule has 0 aliphatic heterocycles. The quantitative estimate of drug-likeness (QED) is 0.676. The Kier molecular flexibility index (Phi) is 5.35. The molecule has 2 fully saturated rings. The molecule has 144 valence electrons. The van der Waals surface area contributed by atoms with Crippen LogP contribution in [0.2, 0.25) is 0 Å². The molecule has 0 atom stereocenters. The van der Waals surface area contributed by atoms with Crippen LogP contribution in [-0.4, -0.2) is 32.6 Å². The average molecular weight is 359 g/mol. The third-order valence-electron chi connectivity index (χ3n) is 6.17. The third kappa shape index (κ3) is 4.25. The smallest absolute Gasteiger partial charge is 0.253 e. The van der Waals surface area contributed by atoms with Crippen molar-refractivity contribution in [3.05, 3.63) is 17.7 Å². The molecule has 0 saturated heterocycles. The van der Waals surface area contributed by atoms with Gasteiger partial charge >= 0.3 is 0 Å². The zero-order valence-electron chi connectivity index (χ0n) is 16.7. The SMILES string of the molecule is CNc1cc(N(C)CC2(C)CC2)c(C(=O)N[C@H]2CC[C@H](C)CC2)cc1N. The summed E-state index contributed by atoms with van der Waals surface area (Å²) in [7, 11) is 3.94. The topological polar surface area (TPSA) is 70.4 Å². The van der Waals surface area contributed by atoms with E-state index in [1.165, 1.54) is 25.7 Å². The Morgan fingerprint density at radius 1 is 1.27 bits per heavy atom. The summed E-state index contributed by atoms with van der Waals surface area (Å²) in [6.45, 7) is 5.56. The van der Waals surface area contributed by atoms with E-state index in [9.17, 15) is 4.79 Å². The second-order valence-corrected chi connectivity index (χ2v) is 8.80. The highest BCUT2D eigenvalue weighted by molar-refractivity contribution is 6.02. The van der Waals surface area contributed by atoms with Gasteiger partial charge in [0.1, 0.15) is 0 Å². The van der Waals surface area contributed by atoms with E-state index in [0.29, 0.717) is 16.7 Å². The molecule has 1 aromatic rings. The van der Waals surface area contributed by atoms with Crippen molar-refractivity contribution in [1.82, 2.24) is 5.32 Å². The number of carbonyl (C=O) groups is 1. The number of carbonyl (C=O) groups excluding carboxylic acids is 1. The molecule has 2 saturated carbocycles. The van der Waals surface area contributed by atoms with E-state index in [4.69, 9.17) is 5.73 Å². The lowest BCUT2D eigenvalue weighted by Gasteiger charge is -2.29. The van der Waals surface area contributed by atoms with Crippen molar-refractivity contribution in [2.24, 2.45) is 11.3 Å². The number of nitrogens with two attached hydrogens (primary N) is 1. The second-order valence-electron chi connectivity index (χ2n) is 8.80. The first-order valence-electron chi connectivity index (χ1n) is 9.94. The van der Waals surface area contributed by atoms with Crippen molar-refractivity contribution in [2.75, 3.05) is 36.6 Å². The van der Waals surface area contributed by atoms with Crippen molar-refractivity contribution in [3.8, 4) is 0 Å². The van der Waals surface area contributed by atoms with Crippen LogP contribution in [0.4, 0.5) is 17.1 Å². The Balaban J connectivity index is 1.81. The first-order chi connectivity index (χ1) is 12.3. The highest BCUT2D eigenvalue weighted by atomic mass is 16.1. The maximum Gasteiger partial charge on any atom is 0.253 e. The van der Waals surface area contributed by atoms with E-state index >= 15 is 0 Å². The van der Waals surface area contributed by atoms with Gasteiger partial charge in [-0.2, -0.15) is 0 Å². The third-order valence-corrected chi connectivity index (χ3v) is 6.17. The minimum atomic E-state index is 0.00158.